The molecule has 0 aromatic rings. The van der Waals surface area contributed by atoms with E-state index in [9.17, 15) is 9.59 Å². The Morgan fingerprint density at radius 1 is 0.372 bits per heavy atom. The Labute approximate surface area is 269 Å². The minimum atomic E-state index is -0.267. The fraction of sp³-hybridized carbons (Fsp3) is 0.949. The van der Waals surface area contributed by atoms with Crippen LogP contribution < -0.4 is 0 Å². The van der Waals surface area contributed by atoms with Crippen molar-refractivity contribution in [1.82, 2.24) is 0 Å². The molecular weight excluding hydrogens is 532 g/mol. The third-order valence-electron chi connectivity index (χ3n) is 9.55. The van der Waals surface area contributed by atoms with Gasteiger partial charge in [-0.05, 0) is 25.7 Å². The van der Waals surface area contributed by atoms with E-state index < -0.39 is 0 Å². The fourth-order valence-corrected chi connectivity index (χ4v) is 5.89. The van der Waals surface area contributed by atoms with Gasteiger partial charge in [-0.3, -0.25) is 9.59 Å². The van der Waals surface area contributed by atoms with Gasteiger partial charge in [-0.2, -0.15) is 0 Å². The van der Waals surface area contributed by atoms with Crippen LogP contribution in [0.3, 0.4) is 0 Å². The highest BCUT2D eigenvalue weighted by molar-refractivity contribution is 5.69. The average Bonchev–Trinajstić information content (AvgIpc) is 3.02. The molecule has 0 unspecified atom stereocenters. The van der Waals surface area contributed by atoms with Gasteiger partial charge in [0.1, 0.15) is 13.2 Å². The van der Waals surface area contributed by atoms with Gasteiger partial charge in [0.15, 0.2) is 0 Å². The molecule has 0 heterocycles. The van der Waals surface area contributed by atoms with Crippen molar-refractivity contribution in [2.24, 2.45) is 5.41 Å². The van der Waals surface area contributed by atoms with E-state index in [-0.39, 0.29) is 17.4 Å². The number of unbranched alkanes of at least 4 members (excludes halogenated alkanes) is 24. The lowest BCUT2D eigenvalue weighted by molar-refractivity contribution is -0.154. The summed E-state index contributed by atoms with van der Waals surface area (Å²) in [7, 11) is 0. The first-order chi connectivity index (χ1) is 21.0. The molecule has 0 spiro atoms. The minimum Gasteiger partial charge on any atom is -0.465 e. The Bertz CT molecular complexity index is 550. The number of carbonyl (C=O) groups excluding carboxylic acids is 2. The number of ether oxygens (including phenoxy) is 2. The number of carbonyl (C=O) groups is 2. The number of hydrogen-bond donors (Lipinski definition) is 0. The molecule has 4 nitrogen and oxygen atoms in total. The molecule has 0 aromatic carbocycles. The summed E-state index contributed by atoms with van der Waals surface area (Å²) >= 11 is 0. The van der Waals surface area contributed by atoms with E-state index in [1.165, 1.54) is 141 Å². The first-order valence-electron chi connectivity index (χ1n) is 19.3. The second-order valence-corrected chi connectivity index (χ2v) is 13.5. The van der Waals surface area contributed by atoms with Crippen LogP contribution >= 0.6 is 0 Å². The first kappa shape index (κ1) is 41.9. The van der Waals surface area contributed by atoms with Crippen LogP contribution in [0.25, 0.3) is 0 Å². The molecular formula is C39H76O4. The molecule has 0 bridgehead atoms. The van der Waals surface area contributed by atoms with Crippen LogP contribution in [0.5, 0.6) is 0 Å². The van der Waals surface area contributed by atoms with Crippen molar-refractivity contribution in [2.45, 2.75) is 220 Å². The van der Waals surface area contributed by atoms with Gasteiger partial charge in [0.25, 0.3) is 0 Å². The van der Waals surface area contributed by atoms with Crippen LogP contribution in [0.4, 0.5) is 0 Å². The Morgan fingerprint density at radius 3 is 0.837 bits per heavy atom. The minimum absolute atomic E-state index is 0.104. The summed E-state index contributed by atoms with van der Waals surface area (Å²) in [6.07, 6.45) is 36.5. The molecule has 0 radical (unpaired) electrons. The van der Waals surface area contributed by atoms with Gasteiger partial charge in [0.05, 0.1) is 0 Å². The summed E-state index contributed by atoms with van der Waals surface area (Å²) in [4.78, 5) is 24.8. The zero-order chi connectivity index (χ0) is 31.7. The predicted molar refractivity (Wildman–Crippen MR) is 186 cm³/mol. The van der Waals surface area contributed by atoms with Gasteiger partial charge in [0, 0.05) is 18.3 Å². The fourth-order valence-electron chi connectivity index (χ4n) is 5.89. The second kappa shape index (κ2) is 32.3. The van der Waals surface area contributed by atoms with Gasteiger partial charge < -0.3 is 9.47 Å². The monoisotopic (exact) mass is 609 g/mol. The van der Waals surface area contributed by atoms with Gasteiger partial charge >= 0.3 is 11.9 Å². The van der Waals surface area contributed by atoms with Crippen LogP contribution in [0.2, 0.25) is 0 Å². The molecule has 0 fully saturated rings. The molecule has 0 aromatic heterocycles. The maximum atomic E-state index is 12.4. The highest BCUT2D eigenvalue weighted by Gasteiger charge is 2.30. The van der Waals surface area contributed by atoms with Gasteiger partial charge in [-0.15, -0.1) is 0 Å². The van der Waals surface area contributed by atoms with Crippen LogP contribution in [0, 0.1) is 5.41 Å². The Hall–Kier alpha value is -1.06. The summed E-state index contributed by atoms with van der Waals surface area (Å²) in [6.45, 7) is 9.45. The van der Waals surface area contributed by atoms with Crippen LogP contribution in [-0.2, 0) is 19.1 Å². The predicted octanol–water partition coefficient (Wildman–Crippen LogP) is 12.8. The van der Waals surface area contributed by atoms with Crippen LogP contribution in [-0.4, -0.2) is 25.2 Å². The van der Waals surface area contributed by atoms with E-state index in [2.05, 4.69) is 27.7 Å². The maximum Gasteiger partial charge on any atom is 0.305 e. The molecule has 0 saturated carbocycles. The zero-order valence-electron chi connectivity index (χ0n) is 29.8. The number of esters is 2. The van der Waals surface area contributed by atoms with Crippen molar-refractivity contribution in [3.8, 4) is 0 Å². The lowest BCUT2D eigenvalue weighted by atomic mass is 9.84. The van der Waals surface area contributed by atoms with Crippen molar-refractivity contribution in [1.29, 1.82) is 0 Å². The SMILES string of the molecule is CCCCCCCCCCCCCCCC(=O)OCC(CC)(CC)COC(=O)CCCCCCCCCCCCCCC. The van der Waals surface area contributed by atoms with Gasteiger partial charge in [-0.1, -0.05) is 182 Å². The Kier molecular flexibility index (Phi) is 31.5. The lowest BCUT2D eigenvalue weighted by Crippen LogP contribution is -2.33. The quantitative estimate of drug-likeness (QED) is 0.0538. The topological polar surface area (TPSA) is 52.6 Å². The molecule has 0 amide bonds. The summed E-state index contributed by atoms with van der Waals surface area (Å²) in [5.41, 5.74) is -0.267. The van der Waals surface area contributed by atoms with Crippen molar-refractivity contribution in [3.63, 3.8) is 0 Å². The van der Waals surface area contributed by atoms with E-state index >= 15 is 0 Å². The highest BCUT2D eigenvalue weighted by Crippen LogP contribution is 2.28. The molecule has 43 heavy (non-hydrogen) atoms. The van der Waals surface area contributed by atoms with Crippen molar-refractivity contribution >= 4 is 11.9 Å². The lowest BCUT2D eigenvalue weighted by Gasteiger charge is -2.30. The van der Waals surface area contributed by atoms with E-state index in [1.54, 1.807) is 0 Å². The summed E-state index contributed by atoms with van der Waals surface area (Å²) in [6, 6.07) is 0. The van der Waals surface area contributed by atoms with Crippen molar-refractivity contribution in [2.75, 3.05) is 13.2 Å². The molecule has 0 rings (SSSR count). The molecule has 256 valence electrons. The van der Waals surface area contributed by atoms with Gasteiger partial charge in [-0.25, -0.2) is 0 Å². The molecule has 0 aliphatic carbocycles. The number of hydrogen-bond acceptors (Lipinski definition) is 4. The maximum absolute atomic E-state index is 12.4. The standard InChI is InChI=1S/C39H76O4/c1-5-9-11-13-15-17-19-21-23-25-27-29-31-33-37(40)42-35-39(7-3,8-4)36-43-38(41)34-32-30-28-26-24-22-20-18-16-14-12-10-6-2/h5-36H2,1-4H3. The van der Waals surface area contributed by atoms with Crippen molar-refractivity contribution in [3.05, 3.63) is 0 Å². The first-order valence-corrected chi connectivity index (χ1v) is 19.3. The highest BCUT2D eigenvalue weighted by atomic mass is 16.5. The third kappa shape index (κ3) is 28.2. The molecule has 4 heteroatoms. The summed E-state index contributed by atoms with van der Waals surface area (Å²) < 4.78 is 11.4. The molecule has 0 aliphatic heterocycles. The smallest absolute Gasteiger partial charge is 0.305 e. The van der Waals surface area contributed by atoms with Crippen LogP contribution in [0.15, 0.2) is 0 Å². The third-order valence-corrected chi connectivity index (χ3v) is 9.55. The average molecular weight is 609 g/mol. The van der Waals surface area contributed by atoms with E-state index in [1.807, 2.05) is 0 Å². The van der Waals surface area contributed by atoms with Crippen molar-refractivity contribution < 1.29 is 19.1 Å². The second-order valence-electron chi connectivity index (χ2n) is 13.5. The Morgan fingerprint density at radius 2 is 0.605 bits per heavy atom. The molecule has 0 N–H and O–H groups in total. The molecule has 0 saturated heterocycles. The van der Waals surface area contributed by atoms with E-state index in [0.29, 0.717) is 26.1 Å². The van der Waals surface area contributed by atoms with Crippen LogP contribution in [0.1, 0.15) is 220 Å². The summed E-state index contributed by atoms with van der Waals surface area (Å²) in [5, 5.41) is 0. The van der Waals surface area contributed by atoms with Gasteiger partial charge in [0.2, 0.25) is 0 Å². The number of rotatable bonds is 34. The normalized spacial score (nSPS) is 11.6. The largest absolute Gasteiger partial charge is 0.465 e. The summed E-state index contributed by atoms with van der Waals surface area (Å²) in [5.74, 6) is -0.208. The Balaban J connectivity index is 3.78. The van der Waals surface area contributed by atoms with E-state index in [4.69, 9.17) is 9.47 Å². The van der Waals surface area contributed by atoms with E-state index in [0.717, 1.165) is 38.5 Å². The molecule has 0 atom stereocenters. The molecule has 0 aliphatic rings. The zero-order valence-corrected chi connectivity index (χ0v) is 29.8.